The van der Waals surface area contributed by atoms with Crippen molar-refractivity contribution >= 4 is 11.9 Å². The van der Waals surface area contributed by atoms with E-state index in [0.29, 0.717) is 30.7 Å². The molecule has 0 bridgehead atoms. The Balaban J connectivity index is 2.03. The van der Waals surface area contributed by atoms with Gasteiger partial charge in [0.05, 0.1) is 19.8 Å². The van der Waals surface area contributed by atoms with E-state index in [0.717, 1.165) is 16.9 Å². The molecular formula is C29H31NO4. The number of rotatable bonds is 10. The SMILES string of the molecule is CCOC(=O)/C(C)=C/C(Cc1ccccc1)N(Cc1ccc(OC)cc1)C(=O)c1ccccc1. The number of amides is 1. The number of hydrogen-bond acceptors (Lipinski definition) is 4. The molecule has 0 N–H and O–H groups in total. The van der Waals surface area contributed by atoms with Crippen molar-refractivity contribution in [1.82, 2.24) is 4.90 Å². The van der Waals surface area contributed by atoms with Crippen LogP contribution in [0.5, 0.6) is 5.75 Å². The van der Waals surface area contributed by atoms with Crippen molar-refractivity contribution in [2.24, 2.45) is 0 Å². The zero-order valence-corrected chi connectivity index (χ0v) is 19.9. The van der Waals surface area contributed by atoms with Gasteiger partial charge in [0, 0.05) is 17.7 Å². The third-order valence-corrected chi connectivity index (χ3v) is 5.52. The Morgan fingerprint density at radius 2 is 1.50 bits per heavy atom. The van der Waals surface area contributed by atoms with Gasteiger partial charge >= 0.3 is 5.97 Å². The van der Waals surface area contributed by atoms with Gasteiger partial charge in [0.15, 0.2) is 0 Å². The minimum Gasteiger partial charge on any atom is -0.497 e. The van der Waals surface area contributed by atoms with Gasteiger partial charge < -0.3 is 14.4 Å². The fourth-order valence-electron chi connectivity index (χ4n) is 3.73. The Morgan fingerprint density at radius 1 is 0.882 bits per heavy atom. The molecule has 5 heteroatoms. The highest BCUT2D eigenvalue weighted by molar-refractivity contribution is 5.95. The van der Waals surface area contributed by atoms with Crippen molar-refractivity contribution in [3.05, 3.63) is 113 Å². The summed E-state index contributed by atoms with van der Waals surface area (Å²) in [7, 11) is 1.62. The van der Waals surface area contributed by atoms with Crippen LogP contribution in [-0.2, 0) is 22.5 Å². The molecule has 3 aromatic rings. The molecule has 0 aliphatic heterocycles. The average Bonchev–Trinajstić information content (AvgIpc) is 2.88. The normalized spacial score (nSPS) is 12.0. The van der Waals surface area contributed by atoms with Crippen molar-refractivity contribution in [3.63, 3.8) is 0 Å². The van der Waals surface area contributed by atoms with E-state index in [1.165, 1.54) is 0 Å². The maximum atomic E-state index is 13.7. The monoisotopic (exact) mass is 457 g/mol. The Bertz CT molecular complexity index is 1090. The van der Waals surface area contributed by atoms with Crippen LogP contribution in [0.25, 0.3) is 0 Å². The molecule has 3 aromatic carbocycles. The molecule has 0 saturated heterocycles. The number of nitrogens with zero attached hydrogens (tertiary/aromatic N) is 1. The maximum Gasteiger partial charge on any atom is 0.333 e. The fraction of sp³-hybridized carbons (Fsp3) is 0.241. The highest BCUT2D eigenvalue weighted by Gasteiger charge is 2.25. The largest absolute Gasteiger partial charge is 0.497 e. The summed E-state index contributed by atoms with van der Waals surface area (Å²) in [6.45, 7) is 4.18. The third-order valence-electron chi connectivity index (χ3n) is 5.52. The van der Waals surface area contributed by atoms with Crippen molar-refractivity contribution in [2.45, 2.75) is 32.9 Å². The quantitative estimate of drug-likeness (QED) is 0.300. The van der Waals surface area contributed by atoms with Gasteiger partial charge in [-0.25, -0.2) is 4.79 Å². The second-order valence-corrected chi connectivity index (χ2v) is 7.97. The van der Waals surface area contributed by atoms with E-state index in [9.17, 15) is 9.59 Å². The molecule has 0 radical (unpaired) electrons. The van der Waals surface area contributed by atoms with Gasteiger partial charge in [-0.3, -0.25) is 4.79 Å². The van der Waals surface area contributed by atoms with Gasteiger partial charge in [-0.2, -0.15) is 0 Å². The molecule has 0 aliphatic carbocycles. The summed E-state index contributed by atoms with van der Waals surface area (Å²) in [4.78, 5) is 28.0. The Labute approximate surface area is 201 Å². The lowest BCUT2D eigenvalue weighted by Crippen LogP contribution is -2.40. The average molecular weight is 458 g/mol. The maximum absolute atomic E-state index is 13.7. The summed E-state index contributed by atoms with van der Waals surface area (Å²) in [5.74, 6) is 0.269. The number of carbonyl (C=O) groups is 2. The Kier molecular flexibility index (Phi) is 9.04. The van der Waals surface area contributed by atoms with Crippen molar-refractivity contribution < 1.29 is 19.1 Å². The van der Waals surface area contributed by atoms with Gasteiger partial charge in [0.1, 0.15) is 5.75 Å². The lowest BCUT2D eigenvalue weighted by molar-refractivity contribution is -0.138. The van der Waals surface area contributed by atoms with Crippen LogP contribution in [0, 0.1) is 0 Å². The number of carbonyl (C=O) groups excluding carboxylic acids is 2. The first-order chi connectivity index (χ1) is 16.5. The summed E-state index contributed by atoms with van der Waals surface area (Å²) in [6, 6.07) is 26.5. The summed E-state index contributed by atoms with van der Waals surface area (Å²) in [5, 5.41) is 0. The van der Waals surface area contributed by atoms with E-state index in [1.807, 2.05) is 95.9 Å². The Morgan fingerprint density at radius 3 is 2.09 bits per heavy atom. The number of hydrogen-bond donors (Lipinski definition) is 0. The number of benzene rings is 3. The molecule has 5 nitrogen and oxygen atoms in total. The third kappa shape index (κ3) is 6.82. The zero-order chi connectivity index (χ0) is 24.3. The van der Waals surface area contributed by atoms with E-state index in [2.05, 4.69) is 0 Å². The van der Waals surface area contributed by atoms with Crippen LogP contribution < -0.4 is 4.74 Å². The minimum absolute atomic E-state index is 0.106. The molecule has 1 atom stereocenters. The van der Waals surface area contributed by atoms with Crippen LogP contribution >= 0.6 is 0 Å². The van der Waals surface area contributed by atoms with Crippen LogP contribution in [0.3, 0.4) is 0 Å². The molecule has 0 fully saturated rings. The lowest BCUT2D eigenvalue weighted by atomic mass is 10.00. The molecule has 1 unspecified atom stereocenters. The van der Waals surface area contributed by atoms with Crippen molar-refractivity contribution in [3.8, 4) is 5.75 Å². The topological polar surface area (TPSA) is 55.8 Å². The van der Waals surface area contributed by atoms with Gasteiger partial charge in [0.2, 0.25) is 0 Å². The van der Waals surface area contributed by atoms with Crippen LogP contribution in [0.2, 0.25) is 0 Å². The van der Waals surface area contributed by atoms with E-state index >= 15 is 0 Å². The first-order valence-electron chi connectivity index (χ1n) is 11.4. The second-order valence-electron chi connectivity index (χ2n) is 7.97. The molecule has 3 rings (SSSR count). The summed E-state index contributed by atoms with van der Waals surface area (Å²) in [6.07, 6.45) is 2.40. The van der Waals surface area contributed by atoms with Gasteiger partial charge in [-0.05, 0) is 55.7 Å². The van der Waals surface area contributed by atoms with Crippen molar-refractivity contribution in [1.29, 1.82) is 0 Å². The molecular weight excluding hydrogens is 426 g/mol. The molecule has 34 heavy (non-hydrogen) atoms. The number of esters is 1. The lowest BCUT2D eigenvalue weighted by Gasteiger charge is -2.31. The smallest absolute Gasteiger partial charge is 0.333 e. The zero-order valence-electron chi connectivity index (χ0n) is 19.9. The first kappa shape index (κ1) is 24.8. The number of ether oxygens (including phenoxy) is 2. The van der Waals surface area contributed by atoms with Crippen LogP contribution in [0.15, 0.2) is 96.6 Å². The minimum atomic E-state index is -0.378. The summed E-state index contributed by atoms with van der Waals surface area (Å²) in [5.41, 5.74) is 3.10. The molecule has 176 valence electrons. The molecule has 0 heterocycles. The van der Waals surface area contributed by atoms with Gasteiger partial charge in [0.25, 0.3) is 5.91 Å². The van der Waals surface area contributed by atoms with E-state index in [-0.39, 0.29) is 17.9 Å². The van der Waals surface area contributed by atoms with Crippen LogP contribution in [-0.4, -0.2) is 36.5 Å². The highest BCUT2D eigenvalue weighted by atomic mass is 16.5. The van der Waals surface area contributed by atoms with Gasteiger partial charge in [-0.1, -0.05) is 66.7 Å². The Hall–Kier alpha value is -3.86. The fourth-order valence-corrected chi connectivity index (χ4v) is 3.73. The standard InChI is InChI=1S/C29H31NO4/c1-4-34-29(32)22(2)19-26(20-23-11-7-5-8-12-23)30(28(31)25-13-9-6-10-14-25)21-24-15-17-27(33-3)18-16-24/h5-19,26H,4,20-21H2,1-3H3/b22-19+. The molecule has 0 saturated carbocycles. The molecule has 0 aromatic heterocycles. The summed E-state index contributed by atoms with van der Waals surface area (Å²) < 4.78 is 10.5. The number of methoxy groups -OCH3 is 1. The van der Waals surface area contributed by atoms with E-state index in [1.54, 1.807) is 21.0 Å². The van der Waals surface area contributed by atoms with Crippen LogP contribution in [0.4, 0.5) is 0 Å². The molecule has 1 amide bonds. The van der Waals surface area contributed by atoms with Gasteiger partial charge in [-0.15, -0.1) is 0 Å². The summed E-state index contributed by atoms with van der Waals surface area (Å²) >= 11 is 0. The predicted molar refractivity (Wildman–Crippen MR) is 134 cm³/mol. The molecule has 0 spiro atoms. The molecule has 0 aliphatic rings. The highest BCUT2D eigenvalue weighted by Crippen LogP contribution is 2.21. The van der Waals surface area contributed by atoms with Crippen molar-refractivity contribution in [2.75, 3.05) is 13.7 Å². The first-order valence-corrected chi connectivity index (χ1v) is 11.4. The van der Waals surface area contributed by atoms with Crippen LogP contribution in [0.1, 0.15) is 35.3 Å². The second kappa shape index (κ2) is 12.4. The van der Waals surface area contributed by atoms with E-state index < -0.39 is 0 Å². The van der Waals surface area contributed by atoms with E-state index in [4.69, 9.17) is 9.47 Å². The predicted octanol–water partition coefficient (Wildman–Crippen LogP) is 5.46.